The van der Waals surface area contributed by atoms with Crippen LogP contribution in [0, 0.1) is 0 Å². The Hall–Kier alpha value is -1.16. The summed E-state index contributed by atoms with van der Waals surface area (Å²) in [5, 5.41) is 3.82. The fourth-order valence-electron chi connectivity index (χ4n) is 0.918. The van der Waals surface area contributed by atoms with E-state index in [4.69, 9.17) is 4.52 Å². The molecule has 2 aromatic heterocycles. The summed E-state index contributed by atoms with van der Waals surface area (Å²) in [6.07, 6.45) is 5.00. The average molecular weight is 225 g/mol. The molecule has 3 nitrogen and oxygen atoms in total. The zero-order valence-electron chi connectivity index (χ0n) is 6.07. The van der Waals surface area contributed by atoms with Gasteiger partial charge in [0.2, 0.25) is 0 Å². The van der Waals surface area contributed by atoms with Gasteiger partial charge in [0.15, 0.2) is 0 Å². The standard InChI is InChI=1S/C8H5BrN2O/c9-7-5-12-11-8(7)6-2-1-3-10-4-6/h1-5H. The average Bonchev–Trinajstić information content (AvgIpc) is 2.53. The first-order valence-electron chi connectivity index (χ1n) is 3.38. The van der Waals surface area contributed by atoms with Crippen molar-refractivity contribution in [2.75, 3.05) is 0 Å². The summed E-state index contributed by atoms with van der Waals surface area (Å²) in [6.45, 7) is 0. The molecule has 0 spiro atoms. The Morgan fingerprint density at radius 3 is 2.92 bits per heavy atom. The van der Waals surface area contributed by atoms with E-state index in [0.29, 0.717) is 0 Å². The molecular weight excluding hydrogens is 220 g/mol. The van der Waals surface area contributed by atoms with Crippen molar-refractivity contribution in [1.82, 2.24) is 10.1 Å². The smallest absolute Gasteiger partial charge is 0.138 e. The van der Waals surface area contributed by atoms with E-state index in [1.807, 2.05) is 12.1 Å². The molecule has 0 aliphatic rings. The Morgan fingerprint density at radius 2 is 2.33 bits per heavy atom. The minimum Gasteiger partial charge on any atom is -0.363 e. The van der Waals surface area contributed by atoms with Crippen LogP contribution in [0.3, 0.4) is 0 Å². The van der Waals surface area contributed by atoms with Gasteiger partial charge in [-0.15, -0.1) is 0 Å². The lowest BCUT2D eigenvalue weighted by Gasteiger charge is -1.92. The van der Waals surface area contributed by atoms with Crippen molar-refractivity contribution in [2.24, 2.45) is 0 Å². The molecule has 4 heteroatoms. The molecule has 0 radical (unpaired) electrons. The van der Waals surface area contributed by atoms with Gasteiger partial charge in [-0.2, -0.15) is 0 Å². The van der Waals surface area contributed by atoms with Crippen LogP contribution in [0.5, 0.6) is 0 Å². The van der Waals surface area contributed by atoms with Crippen LogP contribution in [0.25, 0.3) is 11.3 Å². The Kier molecular flexibility index (Phi) is 1.91. The Balaban J connectivity index is 2.51. The molecule has 0 unspecified atom stereocenters. The van der Waals surface area contributed by atoms with E-state index in [9.17, 15) is 0 Å². The number of hydrogen-bond donors (Lipinski definition) is 0. The zero-order valence-corrected chi connectivity index (χ0v) is 7.65. The molecule has 0 saturated carbocycles. The molecular formula is C8H5BrN2O. The Bertz CT molecular complexity index is 372. The van der Waals surface area contributed by atoms with Gasteiger partial charge in [-0.25, -0.2) is 0 Å². The lowest BCUT2D eigenvalue weighted by molar-refractivity contribution is 0.421. The molecule has 0 amide bonds. The minimum atomic E-state index is 0.781. The maximum absolute atomic E-state index is 4.78. The quantitative estimate of drug-likeness (QED) is 0.748. The highest BCUT2D eigenvalue weighted by molar-refractivity contribution is 9.10. The lowest BCUT2D eigenvalue weighted by atomic mass is 10.2. The molecule has 60 valence electrons. The van der Waals surface area contributed by atoms with Crippen molar-refractivity contribution in [1.29, 1.82) is 0 Å². The van der Waals surface area contributed by atoms with Gasteiger partial charge in [0.25, 0.3) is 0 Å². The fourth-order valence-corrected chi connectivity index (χ4v) is 1.30. The predicted molar refractivity (Wildman–Crippen MR) is 47.4 cm³/mol. The monoisotopic (exact) mass is 224 g/mol. The van der Waals surface area contributed by atoms with E-state index >= 15 is 0 Å². The summed E-state index contributed by atoms with van der Waals surface area (Å²) in [5.74, 6) is 0. The van der Waals surface area contributed by atoms with Gasteiger partial charge in [-0.1, -0.05) is 5.16 Å². The topological polar surface area (TPSA) is 38.9 Å². The van der Waals surface area contributed by atoms with E-state index in [-0.39, 0.29) is 0 Å². The van der Waals surface area contributed by atoms with Gasteiger partial charge in [0.1, 0.15) is 12.0 Å². The van der Waals surface area contributed by atoms with E-state index in [1.54, 1.807) is 18.7 Å². The van der Waals surface area contributed by atoms with Gasteiger partial charge >= 0.3 is 0 Å². The third kappa shape index (κ3) is 1.25. The SMILES string of the molecule is Brc1conc1-c1cccnc1. The Labute approximate surface area is 77.5 Å². The summed E-state index contributed by atoms with van der Waals surface area (Å²) in [5.41, 5.74) is 1.72. The fraction of sp³-hybridized carbons (Fsp3) is 0. The molecule has 0 saturated heterocycles. The van der Waals surface area contributed by atoms with Crippen molar-refractivity contribution < 1.29 is 4.52 Å². The number of nitrogens with zero attached hydrogens (tertiary/aromatic N) is 2. The first-order chi connectivity index (χ1) is 5.88. The molecule has 0 aromatic carbocycles. The molecule has 2 heterocycles. The number of halogens is 1. The highest BCUT2D eigenvalue weighted by atomic mass is 79.9. The van der Waals surface area contributed by atoms with E-state index in [0.717, 1.165) is 15.7 Å². The zero-order chi connectivity index (χ0) is 8.39. The molecule has 2 aromatic rings. The van der Waals surface area contributed by atoms with Crippen LogP contribution >= 0.6 is 15.9 Å². The molecule has 12 heavy (non-hydrogen) atoms. The molecule has 0 aliphatic heterocycles. The van der Waals surface area contributed by atoms with Crippen molar-refractivity contribution in [3.63, 3.8) is 0 Å². The molecule has 0 fully saturated rings. The first kappa shape index (κ1) is 7.49. The molecule has 0 atom stereocenters. The third-order valence-electron chi connectivity index (χ3n) is 1.46. The van der Waals surface area contributed by atoms with Gasteiger partial charge in [-0.05, 0) is 28.1 Å². The summed E-state index contributed by atoms with van der Waals surface area (Å²) < 4.78 is 5.62. The Morgan fingerprint density at radius 1 is 1.42 bits per heavy atom. The summed E-state index contributed by atoms with van der Waals surface area (Å²) in [6, 6.07) is 3.78. The summed E-state index contributed by atoms with van der Waals surface area (Å²) in [4.78, 5) is 3.98. The normalized spacial score (nSPS) is 10.1. The van der Waals surface area contributed by atoms with E-state index in [1.165, 1.54) is 0 Å². The number of hydrogen-bond acceptors (Lipinski definition) is 3. The second-order valence-corrected chi connectivity index (χ2v) is 3.11. The number of rotatable bonds is 1. The summed E-state index contributed by atoms with van der Waals surface area (Å²) in [7, 11) is 0. The highest BCUT2D eigenvalue weighted by Crippen LogP contribution is 2.25. The highest BCUT2D eigenvalue weighted by Gasteiger charge is 2.06. The van der Waals surface area contributed by atoms with Crippen molar-refractivity contribution >= 4 is 15.9 Å². The molecule has 0 bridgehead atoms. The van der Waals surface area contributed by atoms with Gasteiger partial charge < -0.3 is 4.52 Å². The predicted octanol–water partition coefficient (Wildman–Crippen LogP) is 2.50. The van der Waals surface area contributed by atoms with Crippen LogP contribution in [0.2, 0.25) is 0 Å². The van der Waals surface area contributed by atoms with Crippen LogP contribution < -0.4 is 0 Å². The second-order valence-electron chi connectivity index (χ2n) is 2.25. The van der Waals surface area contributed by atoms with E-state index in [2.05, 4.69) is 26.1 Å². The molecule has 0 aliphatic carbocycles. The number of pyridine rings is 1. The molecule has 0 N–H and O–H groups in total. The first-order valence-corrected chi connectivity index (χ1v) is 4.17. The van der Waals surface area contributed by atoms with Gasteiger partial charge in [0.05, 0.1) is 4.47 Å². The van der Waals surface area contributed by atoms with Crippen LogP contribution in [-0.4, -0.2) is 10.1 Å². The van der Waals surface area contributed by atoms with Gasteiger partial charge in [0, 0.05) is 18.0 Å². The number of aromatic nitrogens is 2. The maximum Gasteiger partial charge on any atom is 0.138 e. The van der Waals surface area contributed by atoms with E-state index < -0.39 is 0 Å². The van der Waals surface area contributed by atoms with Crippen LogP contribution in [0.4, 0.5) is 0 Å². The second kappa shape index (κ2) is 3.06. The van der Waals surface area contributed by atoms with Crippen LogP contribution in [-0.2, 0) is 0 Å². The van der Waals surface area contributed by atoms with Crippen molar-refractivity contribution in [3.8, 4) is 11.3 Å². The van der Waals surface area contributed by atoms with Crippen molar-refractivity contribution in [2.45, 2.75) is 0 Å². The minimum absolute atomic E-state index is 0.781. The molecule has 2 rings (SSSR count). The largest absolute Gasteiger partial charge is 0.363 e. The van der Waals surface area contributed by atoms with Crippen molar-refractivity contribution in [3.05, 3.63) is 35.3 Å². The van der Waals surface area contributed by atoms with Crippen LogP contribution in [0.15, 0.2) is 39.8 Å². The van der Waals surface area contributed by atoms with Crippen LogP contribution in [0.1, 0.15) is 0 Å². The lowest BCUT2D eigenvalue weighted by Crippen LogP contribution is -1.78. The summed E-state index contributed by atoms with van der Waals surface area (Å²) >= 11 is 3.32. The maximum atomic E-state index is 4.78. The third-order valence-corrected chi connectivity index (χ3v) is 2.02. The van der Waals surface area contributed by atoms with Gasteiger partial charge in [-0.3, -0.25) is 4.98 Å².